The van der Waals surface area contributed by atoms with E-state index in [0.29, 0.717) is 5.02 Å². The first-order chi connectivity index (χ1) is 8.77. The van der Waals surface area contributed by atoms with Gasteiger partial charge in [0.05, 0.1) is 0 Å². The molecule has 2 nitrogen and oxygen atoms in total. The van der Waals surface area contributed by atoms with E-state index in [-0.39, 0.29) is 19.0 Å². The van der Waals surface area contributed by atoms with Crippen LogP contribution in [0.4, 0.5) is 0 Å². The van der Waals surface area contributed by atoms with E-state index in [1.807, 2.05) is 18.2 Å². The van der Waals surface area contributed by atoms with Crippen molar-refractivity contribution < 1.29 is 4.74 Å². The molecule has 0 fully saturated rings. The average Bonchev–Trinajstić information content (AvgIpc) is 2.37. The second-order valence-electron chi connectivity index (χ2n) is 4.13. The maximum Gasteiger partial charge on any atom is 0.148 e. The van der Waals surface area contributed by atoms with Gasteiger partial charge >= 0.3 is 0 Å². The molecule has 0 aromatic heterocycles. The van der Waals surface area contributed by atoms with E-state index in [1.165, 1.54) is 19.3 Å². The van der Waals surface area contributed by atoms with E-state index < -0.39 is 0 Å². The Morgan fingerprint density at radius 2 is 2.16 bits per heavy atom. The number of hydrogen-bond donors (Lipinski definition) is 1. The highest BCUT2D eigenvalue weighted by atomic mass is 35.5. The maximum absolute atomic E-state index is 5.99. The molecular weight excluding hydrogens is 281 g/mol. The molecule has 0 spiro atoms. The molecule has 106 valence electrons. The molecule has 1 aromatic carbocycles. The molecule has 19 heavy (non-hydrogen) atoms. The van der Waals surface area contributed by atoms with E-state index >= 15 is 0 Å². The number of halogens is 2. The predicted molar refractivity (Wildman–Crippen MR) is 84.3 cm³/mol. The third kappa shape index (κ3) is 7.32. The Morgan fingerprint density at radius 3 is 2.84 bits per heavy atom. The highest BCUT2D eigenvalue weighted by Crippen LogP contribution is 2.22. The number of ether oxygens (including phenoxy) is 1. The standard InChI is InChI=1S/C15H20ClNO.ClH/c1-3-5-6-9-17-12-13-11-14(16)7-8-15(13)18-10-4-2;/h2,7-8,11,17H,3,5-6,9-10,12H2,1H3;1H. The molecule has 0 aliphatic rings. The van der Waals surface area contributed by atoms with E-state index in [9.17, 15) is 0 Å². The minimum Gasteiger partial charge on any atom is -0.481 e. The third-order valence-electron chi connectivity index (χ3n) is 2.61. The van der Waals surface area contributed by atoms with Crippen molar-refractivity contribution >= 4 is 24.0 Å². The van der Waals surface area contributed by atoms with Gasteiger partial charge in [-0.15, -0.1) is 18.8 Å². The fraction of sp³-hybridized carbons (Fsp3) is 0.467. The van der Waals surface area contributed by atoms with E-state index in [4.69, 9.17) is 22.8 Å². The van der Waals surface area contributed by atoms with Gasteiger partial charge in [0.15, 0.2) is 0 Å². The van der Waals surface area contributed by atoms with Gasteiger partial charge in [0, 0.05) is 17.1 Å². The van der Waals surface area contributed by atoms with Gasteiger partial charge in [0.1, 0.15) is 12.4 Å². The molecule has 0 atom stereocenters. The predicted octanol–water partition coefficient (Wildman–Crippen LogP) is 4.05. The molecule has 1 N–H and O–H groups in total. The molecule has 0 saturated heterocycles. The zero-order chi connectivity index (χ0) is 13.2. The largest absolute Gasteiger partial charge is 0.481 e. The lowest BCUT2D eigenvalue weighted by molar-refractivity contribution is 0.364. The van der Waals surface area contributed by atoms with Crippen LogP contribution in [0.1, 0.15) is 31.7 Å². The maximum atomic E-state index is 5.99. The van der Waals surface area contributed by atoms with Crippen molar-refractivity contribution in [3.8, 4) is 18.1 Å². The van der Waals surface area contributed by atoms with E-state index in [0.717, 1.165) is 24.4 Å². The Kier molecular flexibility index (Phi) is 10.5. The SMILES string of the molecule is C#CCOc1ccc(Cl)cc1CNCCCCC.Cl. The average molecular weight is 302 g/mol. The monoisotopic (exact) mass is 301 g/mol. The van der Waals surface area contributed by atoms with Crippen LogP contribution in [0.15, 0.2) is 18.2 Å². The second-order valence-corrected chi connectivity index (χ2v) is 4.57. The van der Waals surface area contributed by atoms with Crippen molar-refractivity contribution in [3.63, 3.8) is 0 Å². The van der Waals surface area contributed by atoms with E-state index in [2.05, 4.69) is 18.2 Å². The summed E-state index contributed by atoms with van der Waals surface area (Å²) >= 11 is 5.99. The first-order valence-electron chi connectivity index (χ1n) is 6.33. The van der Waals surface area contributed by atoms with Crippen LogP contribution < -0.4 is 10.1 Å². The van der Waals surface area contributed by atoms with Crippen molar-refractivity contribution in [2.45, 2.75) is 32.7 Å². The van der Waals surface area contributed by atoms with Gasteiger partial charge in [-0.3, -0.25) is 0 Å². The highest BCUT2D eigenvalue weighted by molar-refractivity contribution is 6.30. The zero-order valence-corrected chi connectivity index (χ0v) is 12.8. The lowest BCUT2D eigenvalue weighted by atomic mass is 10.2. The number of terminal acetylenes is 1. The van der Waals surface area contributed by atoms with Crippen molar-refractivity contribution in [1.82, 2.24) is 5.32 Å². The smallest absolute Gasteiger partial charge is 0.148 e. The lowest BCUT2D eigenvalue weighted by Crippen LogP contribution is -2.15. The van der Waals surface area contributed by atoms with Crippen molar-refractivity contribution in [3.05, 3.63) is 28.8 Å². The quantitative estimate of drug-likeness (QED) is 0.578. The molecule has 0 aliphatic carbocycles. The molecule has 1 aromatic rings. The van der Waals surface area contributed by atoms with Gasteiger partial charge < -0.3 is 10.1 Å². The normalized spacial score (nSPS) is 9.53. The molecular formula is C15H21Cl2NO. The zero-order valence-electron chi connectivity index (χ0n) is 11.2. The van der Waals surface area contributed by atoms with Gasteiger partial charge in [0.2, 0.25) is 0 Å². The van der Waals surface area contributed by atoms with Crippen molar-refractivity contribution in [2.75, 3.05) is 13.2 Å². The molecule has 0 unspecified atom stereocenters. The summed E-state index contributed by atoms with van der Waals surface area (Å²) in [6.45, 7) is 4.24. The van der Waals surface area contributed by atoms with E-state index in [1.54, 1.807) is 0 Å². The lowest BCUT2D eigenvalue weighted by Gasteiger charge is -2.11. The van der Waals surface area contributed by atoms with Crippen LogP contribution in [0.2, 0.25) is 5.02 Å². The molecule has 4 heteroatoms. The summed E-state index contributed by atoms with van der Waals surface area (Å²) in [7, 11) is 0. The third-order valence-corrected chi connectivity index (χ3v) is 2.84. The minimum atomic E-state index is 0. The second kappa shape index (κ2) is 11.0. The van der Waals surface area contributed by atoms with Crippen LogP contribution in [0.25, 0.3) is 0 Å². The Balaban J connectivity index is 0.00000324. The number of benzene rings is 1. The van der Waals surface area contributed by atoms with Crippen LogP contribution in [0, 0.1) is 12.3 Å². The number of rotatable bonds is 8. The van der Waals surface area contributed by atoms with Gasteiger partial charge in [-0.1, -0.05) is 37.3 Å². The summed E-state index contributed by atoms with van der Waals surface area (Å²) < 4.78 is 5.48. The number of unbranched alkanes of at least 4 members (excludes halogenated alkanes) is 2. The molecule has 1 rings (SSSR count). The molecule has 0 amide bonds. The summed E-state index contributed by atoms with van der Waals surface area (Å²) in [5.74, 6) is 3.27. The first kappa shape index (κ1) is 18.1. The summed E-state index contributed by atoms with van der Waals surface area (Å²) in [6, 6.07) is 5.59. The molecule has 0 radical (unpaired) electrons. The highest BCUT2D eigenvalue weighted by Gasteiger charge is 2.04. The van der Waals surface area contributed by atoms with Crippen LogP contribution in [0.3, 0.4) is 0 Å². The van der Waals surface area contributed by atoms with Gasteiger partial charge in [-0.2, -0.15) is 0 Å². The Bertz CT molecular complexity index is 402. The van der Waals surface area contributed by atoms with Crippen molar-refractivity contribution in [1.29, 1.82) is 0 Å². The van der Waals surface area contributed by atoms with Gasteiger partial charge in [-0.05, 0) is 31.2 Å². The summed E-state index contributed by atoms with van der Waals surface area (Å²) in [5.41, 5.74) is 1.05. The van der Waals surface area contributed by atoms with Crippen LogP contribution >= 0.6 is 24.0 Å². The number of hydrogen-bond acceptors (Lipinski definition) is 2. The molecule has 0 bridgehead atoms. The summed E-state index contributed by atoms with van der Waals surface area (Å²) in [6.07, 6.45) is 8.87. The van der Waals surface area contributed by atoms with Crippen LogP contribution in [-0.4, -0.2) is 13.2 Å². The van der Waals surface area contributed by atoms with Gasteiger partial charge in [-0.25, -0.2) is 0 Å². The first-order valence-corrected chi connectivity index (χ1v) is 6.71. The Labute approximate surface area is 127 Å². The number of nitrogens with one attached hydrogen (secondary N) is 1. The Morgan fingerprint density at radius 1 is 1.37 bits per heavy atom. The van der Waals surface area contributed by atoms with Gasteiger partial charge in [0.25, 0.3) is 0 Å². The summed E-state index contributed by atoms with van der Waals surface area (Å²) in [5, 5.41) is 4.11. The van der Waals surface area contributed by atoms with Crippen LogP contribution in [-0.2, 0) is 6.54 Å². The fourth-order valence-corrected chi connectivity index (χ4v) is 1.86. The Hall–Kier alpha value is -0.880. The summed E-state index contributed by atoms with van der Waals surface area (Å²) in [4.78, 5) is 0. The van der Waals surface area contributed by atoms with Crippen molar-refractivity contribution in [2.24, 2.45) is 0 Å². The molecule has 0 saturated carbocycles. The topological polar surface area (TPSA) is 21.3 Å². The fourth-order valence-electron chi connectivity index (χ4n) is 1.67. The van der Waals surface area contributed by atoms with Crippen LogP contribution in [0.5, 0.6) is 5.75 Å². The molecule has 0 heterocycles. The molecule has 0 aliphatic heterocycles. The minimum absolute atomic E-state index is 0.